The average molecular weight is 507 g/mol. The fourth-order valence-corrected chi connectivity index (χ4v) is 2.38. The van der Waals surface area contributed by atoms with Crippen LogP contribution in [0.5, 0.6) is 0 Å². The number of aromatic nitrogens is 2. The molecule has 0 bridgehead atoms. The Balaban J connectivity index is 2.31. The van der Waals surface area contributed by atoms with Crippen molar-refractivity contribution >= 4 is 35.1 Å². The van der Waals surface area contributed by atoms with Gasteiger partial charge in [0.25, 0.3) is 0 Å². The number of rotatable bonds is 7. The number of benzene rings is 1. The number of anilines is 1. The number of nitrogens with one attached hydrogen (secondary N) is 3. The first-order valence-electron chi connectivity index (χ1n) is 8.96. The first-order chi connectivity index (χ1) is 16.1. The van der Waals surface area contributed by atoms with Gasteiger partial charge in [0.15, 0.2) is 11.5 Å². The molecular formula is C17H15ClF4N8O4. The first kappa shape index (κ1) is 26.3. The zero-order chi connectivity index (χ0) is 25.3. The molecule has 0 unspecified atom stereocenters. The van der Waals surface area contributed by atoms with E-state index in [-0.39, 0.29) is 36.4 Å². The Bertz CT molecular complexity index is 1100. The predicted molar refractivity (Wildman–Crippen MR) is 107 cm³/mol. The molecule has 34 heavy (non-hydrogen) atoms. The summed E-state index contributed by atoms with van der Waals surface area (Å²) in [6, 6.07) is 2.54. The number of hydroxylamine groups is 1. The number of nitrogens with zero attached hydrogens (tertiary/aromatic N) is 5. The molecule has 0 aliphatic carbocycles. The van der Waals surface area contributed by atoms with E-state index in [1.807, 2.05) is 0 Å². The standard InChI is InChI=1S/C17H15ClF4N8O4/c1-32-5-4-25-16(27-8-23)26-7-12-13(29-34-28-12)14(24)30(33-15(31)17(20,21)22)9-2-3-11(19)10(18)6-9/h2-3,6,24H,4-5,7H2,1H3,(H2,25,26,27). The number of alkyl halides is 3. The zero-order valence-corrected chi connectivity index (χ0v) is 17.9. The molecule has 0 spiro atoms. The molecule has 0 aliphatic rings. The molecule has 3 N–H and O–H groups in total. The Labute approximate surface area is 193 Å². The van der Waals surface area contributed by atoms with Crippen LogP contribution in [0.3, 0.4) is 0 Å². The minimum Gasteiger partial charge on any atom is -0.383 e. The SMILES string of the molecule is COCCN/C(=N/C#N)NCc1nonc1C(=N)N(OC(=O)C(F)(F)F)c1ccc(F)c(Cl)c1. The molecule has 0 fully saturated rings. The summed E-state index contributed by atoms with van der Waals surface area (Å²) in [5.41, 5.74) is -0.981. The third-order valence-electron chi connectivity index (χ3n) is 3.71. The molecule has 0 saturated carbocycles. The number of amidine groups is 1. The lowest BCUT2D eigenvalue weighted by molar-refractivity contribution is -0.199. The normalized spacial score (nSPS) is 11.5. The van der Waals surface area contributed by atoms with E-state index in [1.54, 1.807) is 6.19 Å². The topological polar surface area (TPSA) is 162 Å². The first-order valence-corrected chi connectivity index (χ1v) is 9.34. The highest BCUT2D eigenvalue weighted by atomic mass is 35.5. The second-order valence-electron chi connectivity index (χ2n) is 6.01. The highest BCUT2D eigenvalue weighted by molar-refractivity contribution is 6.31. The third-order valence-corrected chi connectivity index (χ3v) is 4.00. The summed E-state index contributed by atoms with van der Waals surface area (Å²) in [7, 11) is 1.46. The van der Waals surface area contributed by atoms with Crippen LogP contribution in [-0.2, 0) is 20.9 Å². The van der Waals surface area contributed by atoms with Crippen LogP contribution in [-0.4, -0.2) is 54.5 Å². The zero-order valence-electron chi connectivity index (χ0n) is 17.1. The van der Waals surface area contributed by atoms with E-state index < -0.39 is 40.2 Å². The van der Waals surface area contributed by atoms with Gasteiger partial charge in [0.05, 0.1) is 23.9 Å². The van der Waals surface area contributed by atoms with Gasteiger partial charge in [-0.3, -0.25) is 5.41 Å². The van der Waals surface area contributed by atoms with E-state index in [0.29, 0.717) is 0 Å². The molecular weight excluding hydrogens is 492 g/mol. The molecule has 2 aromatic rings. The number of methoxy groups -OCH3 is 1. The lowest BCUT2D eigenvalue weighted by Crippen LogP contribution is -2.40. The van der Waals surface area contributed by atoms with Gasteiger partial charge in [0.1, 0.15) is 11.5 Å². The van der Waals surface area contributed by atoms with Crippen molar-refractivity contribution in [3.63, 3.8) is 0 Å². The number of carbonyl (C=O) groups excluding carboxylic acids is 1. The van der Waals surface area contributed by atoms with Crippen molar-refractivity contribution in [2.75, 3.05) is 25.3 Å². The van der Waals surface area contributed by atoms with Gasteiger partial charge in [-0.05, 0) is 23.4 Å². The van der Waals surface area contributed by atoms with Gasteiger partial charge in [-0.25, -0.2) is 13.8 Å². The van der Waals surface area contributed by atoms with Crippen molar-refractivity contribution in [2.45, 2.75) is 12.7 Å². The number of guanidine groups is 1. The molecule has 0 saturated heterocycles. The Kier molecular flexibility index (Phi) is 9.10. The Morgan fingerprint density at radius 2 is 2.12 bits per heavy atom. The minimum atomic E-state index is -5.41. The van der Waals surface area contributed by atoms with E-state index in [2.05, 4.69) is 35.4 Å². The van der Waals surface area contributed by atoms with Crippen molar-refractivity contribution in [3.05, 3.63) is 40.4 Å². The van der Waals surface area contributed by atoms with Crippen LogP contribution in [0.1, 0.15) is 11.4 Å². The summed E-state index contributed by atoms with van der Waals surface area (Å²) in [4.78, 5) is 19.2. The van der Waals surface area contributed by atoms with Crippen molar-refractivity contribution in [1.29, 1.82) is 10.7 Å². The quantitative estimate of drug-likeness (QED) is 0.126. The second kappa shape index (κ2) is 11.8. The molecule has 0 aliphatic heterocycles. The molecule has 17 heteroatoms. The Morgan fingerprint density at radius 3 is 2.74 bits per heavy atom. The van der Waals surface area contributed by atoms with Crippen molar-refractivity contribution < 1.29 is 36.6 Å². The maximum atomic E-state index is 13.5. The van der Waals surface area contributed by atoms with Gasteiger partial charge in [0, 0.05) is 13.7 Å². The maximum absolute atomic E-state index is 13.5. The van der Waals surface area contributed by atoms with Crippen LogP contribution >= 0.6 is 11.6 Å². The number of carbonyl (C=O) groups is 1. The van der Waals surface area contributed by atoms with Gasteiger partial charge >= 0.3 is 12.1 Å². The van der Waals surface area contributed by atoms with Crippen LogP contribution < -0.4 is 15.7 Å². The van der Waals surface area contributed by atoms with Crippen LogP contribution in [0.4, 0.5) is 23.2 Å². The fraction of sp³-hybridized carbons (Fsp3) is 0.294. The van der Waals surface area contributed by atoms with E-state index in [1.165, 1.54) is 7.11 Å². The van der Waals surface area contributed by atoms with Crippen molar-refractivity contribution in [2.24, 2.45) is 4.99 Å². The molecule has 2 rings (SSSR count). The van der Waals surface area contributed by atoms with E-state index in [9.17, 15) is 22.4 Å². The lowest BCUT2D eigenvalue weighted by Gasteiger charge is -2.23. The van der Waals surface area contributed by atoms with Crippen molar-refractivity contribution in [3.8, 4) is 6.19 Å². The van der Waals surface area contributed by atoms with Crippen LogP contribution in [0.15, 0.2) is 27.8 Å². The summed E-state index contributed by atoms with van der Waals surface area (Å²) in [5.74, 6) is -4.51. The predicted octanol–water partition coefficient (Wildman–Crippen LogP) is 1.88. The molecule has 0 atom stereocenters. The number of ether oxygens (including phenoxy) is 1. The van der Waals surface area contributed by atoms with Gasteiger partial charge in [-0.1, -0.05) is 16.8 Å². The summed E-state index contributed by atoms with van der Waals surface area (Å²) in [6.07, 6.45) is -3.86. The smallest absolute Gasteiger partial charge is 0.383 e. The molecule has 0 amide bonds. The second-order valence-corrected chi connectivity index (χ2v) is 6.42. The number of hydrogen-bond acceptors (Lipinski definition) is 9. The fourth-order valence-electron chi connectivity index (χ4n) is 2.20. The average Bonchev–Trinajstić information content (AvgIpc) is 3.25. The minimum absolute atomic E-state index is 0.00861. The highest BCUT2D eigenvalue weighted by Gasteiger charge is 2.44. The number of hydrogen-bond donors (Lipinski definition) is 3. The van der Waals surface area contributed by atoms with E-state index >= 15 is 0 Å². The van der Waals surface area contributed by atoms with Gasteiger partial charge < -0.3 is 20.2 Å². The number of nitriles is 1. The molecule has 182 valence electrons. The molecule has 0 radical (unpaired) electrons. The van der Waals surface area contributed by atoms with Crippen LogP contribution in [0, 0.1) is 22.7 Å². The Morgan fingerprint density at radius 1 is 1.38 bits per heavy atom. The van der Waals surface area contributed by atoms with Crippen LogP contribution in [0.2, 0.25) is 5.02 Å². The molecule has 1 heterocycles. The van der Waals surface area contributed by atoms with E-state index in [4.69, 9.17) is 27.0 Å². The maximum Gasteiger partial charge on any atom is 0.493 e. The largest absolute Gasteiger partial charge is 0.493 e. The summed E-state index contributed by atoms with van der Waals surface area (Å²) < 4.78 is 61.3. The number of halogens is 5. The van der Waals surface area contributed by atoms with E-state index in [0.717, 1.165) is 18.2 Å². The third kappa shape index (κ3) is 7.02. The van der Waals surface area contributed by atoms with Crippen molar-refractivity contribution in [1.82, 2.24) is 20.9 Å². The van der Waals surface area contributed by atoms with Gasteiger partial charge in [0.2, 0.25) is 12.2 Å². The monoisotopic (exact) mass is 506 g/mol. The molecule has 1 aromatic heterocycles. The summed E-state index contributed by atoms with van der Waals surface area (Å²) in [5, 5.41) is 29.0. The van der Waals surface area contributed by atoms with Gasteiger partial charge in [-0.15, -0.1) is 4.99 Å². The number of aliphatic imine (C=N–C) groups is 1. The highest BCUT2D eigenvalue weighted by Crippen LogP contribution is 2.27. The Hall–Kier alpha value is -3.97. The van der Waals surface area contributed by atoms with Crippen LogP contribution in [0.25, 0.3) is 0 Å². The summed E-state index contributed by atoms with van der Waals surface area (Å²) in [6.45, 7) is 0.288. The lowest BCUT2D eigenvalue weighted by atomic mass is 10.2. The van der Waals surface area contributed by atoms with Gasteiger partial charge in [-0.2, -0.15) is 23.5 Å². The summed E-state index contributed by atoms with van der Waals surface area (Å²) >= 11 is 5.66. The molecule has 1 aromatic carbocycles. The molecule has 12 nitrogen and oxygen atoms in total.